The van der Waals surface area contributed by atoms with Gasteiger partial charge in [-0.25, -0.2) is 0 Å². The van der Waals surface area contributed by atoms with Crippen molar-refractivity contribution in [2.45, 2.75) is 45.1 Å². The van der Waals surface area contributed by atoms with Gasteiger partial charge in [-0.2, -0.15) is 0 Å². The Bertz CT molecular complexity index is 730. The van der Waals surface area contributed by atoms with Crippen LogP contribution in [0.5, 0.6) is 0 Å². The van der Waals surface area contributed by atoms with E-state index in [1.807, 2.05) is 35.2 Å². The fraction of sp³-hybridized carbons (Fsp3) is 0.609. The number of carbonyl (C=O) groups is 3. The molecule has 0 spiro atoms. The standard InChI is InChI=1S/C23H31NO6/c25-21(24-8-4-5-9-24)13-19-17(11-22(26)27)10-18(12-23(28)29)20(19)15-30-14-16-6-2-1-3-7-16/h1-3,6-7,17-20H,4-5,8-15H2,(H,26,27)(H,28,29)/t17-,18+,19+,20-/m0/s1. The average Bonchev–Trinajstić information content (AvgIpc) is 3.32. The van der Waals surface area contributed by atoms with Crippen molar-refractivity contribution in [3.63, 3.8) is 0 Å². The molecule has 7 heteroatoms. The van der Waals surface area contributed by atoms with Gasteiger partial charge in [0, 0.05) is 32.4 Å². The molecule has 0 unspecified atom stereocenters. The molecule has 0 aromatic heterocycles. The molecule has 1 aliphatic carbocycles. The highest BCUT2D eigenvalue weighted by Crippen LogP contribution is 2.47. The van der Waals surface area contributed by atoms with E-state index in [4.69, 9.17) is 4.74 Å². The van der Waals surface area contributed by atoms with Crippen LogP contribution in [-0.2, 0) is 25.7 Å². The van der Waals surface area contributed by atoms with E-state index >= 15 is 0 Å². The summed E-state index contributed by atoms with van der Waals surface area (Å²) < 4.78 is 5.94. The van der Waals surface area contributed by atoms with Crippen LogP contribution in [-0.4, -0.2) is 52.7 Å². The number of likely N-dealkylation sites (tertiary alicyclic amines) is 1. The van der Waals surface area contributed by atoms with E-state index < -0.39 is 11.9 Å². The first-order valence-electron chi connectivity index (χ1n) is 10.8. The van der Waals surface area contributed by atoms with Gasteiger partial charge in [0.1, 0.15) is 0 Å². The molecule has 0 bridgehead atoms. The van der Waals surface area contributed by atoms with Gasteiger partial charge < -0.3 is 19.8 Å². The highest BCUT2D eigenvalue weighted by atomic mass is 16.5. The van der Waals surface area contributed by atoms with Crippen molar-refractivity contribution in [1.29, 1.82) is 0 Å². The predicted octanol–water partition coefficient (Wildman–Crippen LogP) is 3.03. The minimum atomic E-state index is -0.904. The quantitative estimate of drug-likeness (QED) is 0.606. The van der Waals surface area contributed by atoms with Crippen molar-refractivity contribution >= 4 is 17.8 Å². The maximum absolute atomic E-state index is 12.8. The SMILES string of the molecule is O=C(O)C[C@@H]1C[C@H](CC(=O)O)[C@H](COCc2ccccc2)[C@@H]1CC(=O)N1CCCC1. The largest absolute Gasteiger partial charge is 0.481 e. The van der Waals surface area contributed by atoms with Crippen LogP contribution in [0.2, 0.25) is 0 Å². The van der Waals surface area contributed by atoms with E-state index in [1.165, 1.54) is 0 Å². The Labute approximate surface area is 177 Å². The molecule has 1 amide bonds. The van der Waals surface area contributed by atoms with Gasteiger partial charge in [0.25, 0.3) is 0 Å². The Kier molecular flexibility index (Phi) is 7.85. The zero-order valence-electron chi connectivity index (χ0n) is 17.2. The lowest BCUT2D eigenvalue weighted by Gasteiger charge is -2.28. The first-order valence-corrected chi connectivity index (χ1v) is 10.8. The molecular formula is C23H31NO6. The molecule has 1 aliphatic heterocycles. The van der Waals surface area contributed by atoms with Crippen LogP contribution in [0, 0.1) is 23.7 Å². The Morgan fingerprint density at radius 2 is 1.50 bits per heavy atom. The molecule has 3 rings (SSSR count). The van der Waals surface area contributed by atoms with Crippen molar-refractivity contribution < 1.29 is 29.3 Å². The normalized spacial score (nSPS) is 26.1. The average molecular weight is 418 g/mol. The van der Waals surface area contributed by atoms with Crippen molar-refractivity contribution in [2.24, 2.45) is 23.7 Å². The van der Waals surface area contributed by atoms with Gasteiger partial charge >= 0.3 is 11.9 Å². The number of carboxylic acid groups (broad SMARTS) is 2. The van der Waals surface area contributed by atoms with Gasteiger partial charge in [0.15, 0.2) is 0 Å². The topological polar surface area (TPSA) is 104 Å². The van der Waals surface area contributed by atoms with Crippen LogP contribution in [0.4, 0.5) is 0 Å². The van der Waals surface area contributed by atoms with Crippen LogP contribution in [0.1, 0.15) is 44.1 Å². The maximum atomic E-state index is 12.8. The van der Waals surface area contributed by atoms with Gasteiger partial charge in [-0.3, -0.25) is 14.4 Å². The molecule has 2 fully saturated rings. The molecule has 1 saturated carbocycles. The summed E-state index contributed by atoms with van der Waals surface area (Å²) >= 11 is 0. The van der Waals surface area contributed by atoms with E-state index in [1.54, 1.807) is 0 Å². The highest BCUT2D eigenvalue weighted by molar-refractivity contribution is 5.77. The third-order valence-corrected chi connectivity index (χ3v) is 6.53. The first-order chi connectivity index (χ1) is 14.4. The summed E-state index contributed by atoms with van der Waals surface area (Å²) in [6, 6.07) is 9.72. The molecule has 164 valence electrons. The van der Waals surface area contributed by atoms with Crippen LogP contribution in [0.3, 0.4) is 0 Å². The second-order valence-electron chi connectivity index (χ2n) is 8.57. The number of amides is 1. The van der Waals surface area contributed by atoms with Gasteiger partial charge in [-0.1, -0.05) is 30.3 Å². The highest BCUT2D eigenvalue weighted by Gasteiger charge is 2.45. The van der Waals surface area contributed by atoms with E-state index in [9.17, 15) is 24.6 Å². The third kappa shape index (κ3) is 6.05. The van der Waals surface area contributed by atoms with Crippen molar-refractivity contribution in [2.75, 3.05) is 19.7 Å². The van der Waals surface area contributed by atoms with Crippen LogP contribution in [0.15, 0.2) is 30.3 Å². The summed E-state index contributed by atoms with van der Waals surface area (Å²) in [5, 5.41) is 18.7. The lowest BCUT2D eigenvalue weighted by Crippen LogP contribution is -2.33. The van der Waals surface area contributed by atoms with Crippen LogP contribution in [0.25, 0.3) is 0 Å². The third-order valence-electron chi connectivity index (χ3n) is 6.53. The summed E-state index contributed by atoms with van der Waals surface area (Å²) in [5.41, 5.74) is 1.03. The second-order valence-corrected chi connectivity index (χ2v) is 8.57. The molecule has 2 aliphatic rings. The van der Waals surface area contributed by atoms with E-state index in [-0.39, 0.29) is 48.8 Å². The number of carbonyl (C=O) groups excluding carboxylic acids is 1. The number of carboxylic acids is 2. The number of hydrogen-bond acceptors (Lipinski definition) is 4. The summed E-state index contributed by atoms with van der Waals surface area (Å²) in [6.45, 7) is 2.25. The summed E-state index contributed by atoms with van der Waals surface area (Å²) in [7, 11) is 0. The number of benzene rings is 1. The Morgan fingerprint density at radius 3 is 2.10 bits per heavy atom. The summed E-state index contributed by atoms with van der Waals surface area (Å²) in [5.74, 6) is -2.44. The maximum Gasteiger partial charge on any atom is 0.303 e. The number of nitrogens with zero attached hydrogens (tertiary/aromatic N) is 1. The van der Waals surface area contributed by atoms with Crippen LogP contribution >= 0.6 is 0 Å². The van der Waals surface area contributed by atoms with E-state index in [2.05, 4.69) is 0 Å². The molecule has 2 N–H and O–H groups in total. The number of ether oxygens (including phenoxy) is 1. The monoisotopic (exact) mass is 417 g/mol. The van der Waals surface area contributed by atoms with Gasteiger partial charge in [0.05, 0.1) is 13.2 Å². The Balaban J connectivity index is 1.72. The Hall–Kier alpha value is -2.41. The second kappa shape index (κ2) is 10.6. The zero-order valence-corrected chi connectivity index (χ0v) is 17.2. The van der Waals surface area contributed by atoms with Crippen molar-refractivity contribution in [1.82, 2.24) is 4.90 Å². The molecule has 1 heterocycles. The summed E-state index contributed by atoms with van der Waals surface area (Å²) in [6.07, 6.45) is 2.72. The molecule has 30 heavy (non-hydrogen) atoms. The number of hydrogen-bond donors (Lipinski definition) is 2. The van der Waals surface area contributed by atoms with Gasteiger partial charge in [0.2, 0.25) is 5.91 Å². The van der Waals surface area contributed by atoms with E-state index in [0.29, 0.717) is 19.6 Å². The molecule has 4 atom stereocenters. The molecular weight excluding hydrogens is 386 g/mol. The van der Waals surface area contributed by atoms with E-state index in [0.717, 1.165) is 31.5 Å². The molecule has 7 nitrogen and oxygen atoms in total. The number of rotatable bonds is 10. The molecule has 1 aromatic rings. The minimum absolute atomic E-state index is 0.0239. The van der Waals surface area contributed by atoms with Crippen LogP contribution < -0.4 is 0 Å². The zero-order chi connectivity index (χ0) is 21.5. The molecule has 0 radical (unpaired) electrons. The smallest absolute Gasteiger partial charge is 0.303 e. The molecule has 1 aromatic carbocycles. The lowest BCUT2D eigenvalue weighted by atomic mass is 9.82. The minimum Gasteiger partial charge on any atom is -0.481 e. The molecule has 1 saturated heterocycles. The fourth-order valence-electron chi connectivity index (χ4n) is 5.12. The number of aliphatic carboxylic acids is 2. The van der Waals surface area contributed by atoms with Crippen molar-refractivity contribution in [3.05, 3.63) is 35.9 Å². The first kappa shape index (κ1) is 22.3. The summed E-state index contributed by atoms with van der Waals surface area (Å²) in [4.78, 5) is 37.5. The van der Waals surface area contributed by atoms with Gasteiger partial charge in [-0.05, 0) is 48.5 Å². The fourth-order valence-corrected chi connectivity index (χ4v) is 5.12. The van der Waals surface area contributed by atoms with Gasteiger partial charge in [-0.15, -0.1) is 0 Å². The predicted molar refractivity (Wildman–Crippen MR) is 110 cm³/mol. The van der Waals surface area contributed by atoms with Crippen molar-refractivity contribution in [3.8, 4) is 0 Å². The lowest BCUT2D eigenvalue weighted by molar-refractivity contribution is -0.140. The Morgan fingerprint density at radius 1 is 0.900 bits per heavy atom.